The molecule has 25 heavy (non-hydrogen) atoms. The molecule has 0 aromatic rings. The average Bonchev–Trinajstić information content (AvgIpc) is 2.63. The first-order chi connectivity index (χ1) is 12.1. The molecule has 0 aliphatic carbocycles. The molecule has 0 fully saturated rings. The van der Waals surface area contributed by atoms with Crippen molar-refractivity contribution in [3.05, 3.63) is 0 Å². The molecule has 150 valence electrons. The molecular formula is C20H40O5. The van der Waals surface area contributed by atoms with Gasteiger partial charge < -0.3 is 20.1 Å². The maximum absolute atomic E-state index is 11.6. The van der Waals surface area contributed by atoms with Crippen LogP contribution in [-0.2, 0) is 9.53 Å². The van der Waals surface area contributed by atoms with Crippen LogP contribution in [0.1, 0.15) is 90.4 Å². The fraction of sp³-hybridized carbons (Fsp3) is 0.950. The monoisotopic (exact) mass is 360 g/mol. The molecule has 0 saturated heterocycles. The molecule has 0 atom stereocenters. The van der Waals surface area contributed by atoms with Crippen molar-refractivity contribution < 1.29 is 24.9 Å². The quantitative estimate of drug-likeness (QED) is 0.257. The first-order valence-corrected chi connectivity index (χ1v) is 10.1. The van der Waals surface area contributed by atoms with Gasteiger partial charge in [0.15, 0.2) is 0 Å². The normalized spacial score (nSPS) is 11.7. The highest BCUT2D eigenvalue weighted by Gasteiger charge is 2.28. The summed E-state index contributed by atoms with van der Waals surface area (Å²) in [4.78, 5) is 11.6. The second kappa shape index (κ2) is 16.8. The maximum atomic E-state index is 11.6. The number of hydrogen-bond acceptors (Lipinski definition) is 5. The first-order valence-electron chi connectivity index (χ1n) is 10.1. The van der Waals surface area contributed by atoms with Crippen LogP contribution in [0.5, 0.6) is 0 Å². The number of hydrogen-bond donors (Lipinski definition) is 3. The predicted octanol–water partition coefficient (Wildman–Crippen LogP) is 3.58. The van der Waals surface area contributed by atoms with E-state index in [1.165, 1.54) is 57.8 Å². The van der Waals surface area contributed by atoms with E-state index in [0.717, 1.165) is 12.8 Å². The molecule has 0 radical (unpaired) electrons. The smallest absolute Gasteiger partial charge is 0.305 e. The number of rotatable bonds is 18. The highest BCUT2D eigenvalue weighted by molar-refractivity contribution is 5.69. The lowest BCUT2D eigenvalue weighted by Gasteiger charge is -2.26. The second-order valence-electron chi connectivity index (χ2n) is 7.23. The molecule has 0 saturated carbocycles. The van der Waals surface area contributed by atoms with Crippen LogP contribution in [0.3, 0.4) is 0 Å². The van der Waals surface area contributed by atoms with Crippen LogP contribution in [0.15, 0.2) is 0 Å². The summed E-state index contributed by atoms with van der Waals surface area (Å²) in [7, 11) is 0. The summed E-state index contributed by atoms with van der Waals surface area (Å²) >= 11 is 0. The predicted molar refractivity (Wildman–Crippen MR) is 100 cm³/mol. The zero-order valence-corrected chi connectivity index (χ0v) is 16.2. The number of aliphatic hydroxyl groups excluding tert-OH is 3. The summed E-state index contributed by atoms with van der Waals surface area (Å²) in [5, 5.41) is 27.6. The van der Waals surface area contributed by atoms with Gasteiger partial charge in [-0.2, -0.15) is 0 Å². The van der Waals surface area contributed by atoms with Crippen LogP contribution in [0, 0.1) is 5.41 Å². The van der Waals surface area contributed by atoms with Crippen molar-refractivity contribution in [3.8, 4) is 0 Å². The van der Waals surface area contributed by atoms with Gasteiger partial charge in [0.2, 0.25) is 0 Å². The largest absolute Gasteiger partial charge is 0.466 e. The Labute approximate surface area is 153 Å². The standard InChI is InChI=1S/C20H40O5/c1-2-3-4-5-6-7-8-9-10-11-12-13-19(24)25-15-14-20(16-21,17-22)18-23/h21-23H,2-18H2,1H3. The Bertz CT molecular complexity index is 294. The SMILES string of the molecule is CCCCCCCCCCCCCC(=O)OCCC(CO)(CO)CO. The Hall–Kier alpha value is -0.650. The van der Waals surface area contributed by atoms with Gasteiger partial charge in [-0.1, -0.05) is 71.1 Å². The Morgan fingerprint density at radius 2 is 1.20 bits per heavy atom. The van der Waals surface area contributed by atoms with Crippen LogP contribution < -0.4 is 0 Å². The van der Waals surface area contributed by atoms with Crippen molar-refractivity contribution in [3.63, 3.8) is 0 Å². The fourth-order valence-corrected chi connectivity index (χ4v) is 2.77. The number of ether oxygens (including phenoxy) is 1. The minimum absolute atomic E-state index is 0.124. The molecule has 3 N–H and O–H groups in total. The van der Waals surface area contributed by atoms with Gasteiger partial charge in [0.25, 0.3) is 0 Å². The maximum Gasteiger partial charge on any atom is 0.305 e. The van der Waals surface area contributed by atoms with Crippen LogP contribution in [-0.4, -0.2) is 47.7 Å². The van der Waals surface area contributed by atoms with E-state index in [1.807, 2.05) is 0 Å². The summed E-state index contributed by atoms with van der Waals surface area (Å²) in [5.41, 5.74) is -0.961. The van der Waals surface area contributed by atoms with Crippen molar-refractivity contribution in [2.24, 2.45) is 5.41 Å². The summed E-state index contributed by atoms with van der Waals surface area (Å²) in [6.07, 6.45) is 14.4. The molecule has 0 rings (SSSR count). The van der Waals surface area contributed by atoms with E-state index in [4.69, 9.17) is 4.74 Å². The number of carbonyl (C=O) groups is 1. The summed E-state index contributed by atoms with van der Waals surface area (Å²) < 4.78 is 5.12. The topological polar surface area (TPSA) is 87.0 Å². The molecule has 0 aromatic heterocycles. The highest BCUT2D eigenvalue weighted by atomic mass is 16.5. The van der Waals surface area contributed by atoms with E-state index in [0.29, 0.717) is 6.42 Å². The summed E-state index contributed by atoms with van der Waals surface area (Å²) in [6.45, 7) is 1.39. The molecule has 5 nitrogen and oxygen atoms in total. The van der Waals surface area contributed by atoms with Gasteiger partial charge in [0.1, 0.15) is 0 Å². The number of unbranched alkanes of at least 4 members (excludes halogenated alkanes) is 10. The number of aliphatic hydroxyl groups is 3. The second-order valence-corrected chi connectivity index (χ2v) is 7.23. The zero-order chi connectivity index (χ0) is 18.8. The molecule has 0 aromatic carbocycles. The summed E-state index contributed by atoms with van der Waals surface area (Å²) in [5.74, 6) is -0.237. The Kier molecular flexibility index (Phi) is 16.4. The van der Waals surface area contributed by atoms with Gasteiger partial charge in [-0.3, -0.25) is 4.79 Å². The van der Waals surface area contributed by atoms with Gasteiger partial charge >= 0.3 is 5.97 Å². The molecule has 5 heteroatoms. The van der Waals surface area contributed by atoms with Crippen LogP contribution in [0.25, 0.3) is 0 Å². The van der Waals surface area contributed by atoms with Gasteiger partial charge in [-0.25, -0.2) is 0 Å². The average molecular weight is 361 g/mol. The lowest BCUT2D eigenvalue weighted by Crippen LogP contribution is -2.35. The van der Waals surface area contributed by atoms with Crippen LogP contribution >= 0.6 is 0 Å². The Balaban J connectivity index is 3.44. The van der Waals surface area contributed by atoms with Crippen molar-refractivity contribution in [1.29, 1.82) is 0 Å². The lowest BCUT2D eigenvalue weighted by atomic mass is 9.88. The van der Waals surface area contributed by atoms with E-state index >= 15 is 0 Å². The van der Waals surface area contributed by atoms with Crippen LogP contribution in [0.4, 0.5) is 0 Å². The minimum Gasteiger partial charge on any atom is -0.466 e. The number of carbonyl (C=O) groups excluding carboxylic acids is 1. The third-order valence-electron chi connectivity index (χ3n) is 4.89. The van der Waals surface area contributed by atoms with E-state index < -0.39 is 5.41 Å². The van der Waals surface area contributed by atoms with Crippen molar-refractivity contribution >= 4 is 5.97 Å². The van der Waals surface area contributed by atoms with Gasteiger partial charge in [-0.05, 0) is 12.8 Å². The van der Waals surface area contributed by atoms with E-state index in [2.05, 4.69) is 6.92 Å². The van der Waals surface area contributed by atoms with Crippen molar-refractivity contribution in [2.75, 3.05) is 26.4 Å². The molecular weight excluding hydrogens is 320 g/mol. The van der Waals surface area contributed by atoms with Gasteiger partial charge in [-0.15, -0.1) is 0 Å². The van der Waals surface area contributed by atoms with Crippen molar-refractivity contribution in [2.45, 2.75) is 90.4 Å². The first kappa shape index (κ1) is 24.4. The Morgan fingerprint density at radius 3 is 1.64 bits per heavy atom. The molecule has 0 unspecified atom stereocenters. The van der Waals surface area contributed by atoms with Gasteiger partial charge in [0.05, 0.1) is 26.4 Å². The molecule has 0 spiro atoms. The Morgan fingerprint density at radius 1 is 0.760 bits per heavy atom. The third-order valence-corrected chi connectivity index (χ3v) is 4.89. The lowest BCUT2D eigenvalue weighted by molar-refractivity contribution is -0.145. The molecule has 0 bridgehead atoms. The molecule has 0 aliphatic rings. The molecule has 0 heterocycles. The van der Waals surface area contributed by atoms with Crippen LogP contribution in [0.2, 0.25) is 0 Å². The minimum atomic E-state index is -0.961. The van der Waals surface area contributed by atoms with E-state index in [9.17, 15) is 20.1 Å². The number of esters is 1. The van der Waals surface area contributed by atoms with E-state index in [1.54, 1.807) is 0 Å². The summed E-state index contributed by atoms with van der Waals surface area (Å²) in [6, 6.07) is 0. The molecule has 0 aliphatic heterocycles. The van der Waals surface area contributed by atoms with Gasteiger partial charge in [0, 0.05) is 11.8 Å². The van der Waals surface area contributed by atoms with Crippen molar-refractivity contribution in [1.82, 2.24) is 0 Å². The molecule has 0 amide bonds. The highest BCUT2D eigenvalue weighted by Crippen LogP contribution is 2.20. The zero-order valence-electron chi connectivity index (χ0n) is 16.2. The fourth-order valence-electron chi connectivity index (χ4n) is 2.77. The third kappa shape index (κ3) is 13.2. The van der Waals surface area contributed by atoms with E-state index in [-0.39, 0.29) is 38.8 Å².